The molecule has 15 heavy (non-hydrogen) atoms. The molecule has 0 aliphatic heterocycles. The van der Waals surface area contributed by atoms with Gasteiger partial charge in [-0.25, -0.2) is 0 Å². The second-order valence-corrected chi connectivity index (χ2v) is 6.15. The van der Waals surface area contributed by atoms with Crippen molar-refractivity contribution in [1.29, 1.82) is 0 Å². The maximum absolute atomic E-state index is 11.0. The van der Waals surface area contributed by atoms with Crippen molar-refractivity contribution in [2.45, 2.75) is 0 Å². The van der Waals surface area contributed by atoms with Gasteiger partial charge in [-0.15, -0.1) is 0 Å². The van der Waals surface area contributed by atoms with Crippen LogP contribution in [0.5, 0.6) is 0 Å². The lowest BCUT2D eigenvalue weighted by atomic mass is 10.8. The highest BCUT2D eigenvalue weighted by atomic mass is 32.2. The van der Waals surface area contributed by atoms with Crippen LogP contribution in [0, 0.1) is 0 Å². The van der Waals surface area contributed by atoms with E-state index >= 15 is 0 Å². The number of ether oxygens (including phenoxy) is 1. The van der Waals surface area contributed by atoms with Gasteiger partial charge in [0.05, 0.1) is 26.4 Å². The molecule has 0 aromatic carbocycles. The summed E-state index contributed by atoms with van der Waals surface area (Å²) in [4.78, 5) is 0. The van der Waals surface area contributed by atoms with Crippen molar-refractivity contribution in [1.82, 2.24) is 0 Å². The molecule has 7 heteroatoms. The Morgan fingerprint density at radius 2 is 1.20 bits per heavy atom. The highest BCUT2D eigenvalue weighted by molar-refractivity contribution is 7.85. The molecule has 5 nitrogen and oxygen atoms in total. The Balaban J connectivity index is 3.24. The molecule has 0 aliphatic carbocycles. The third-order valence-corrected chi connectivity index (χ3v) is 4.07. The highest BCUT2D eigenvalue weighted by Crippen LogP contribution is 1.86. The van der Waals surface area contributed by atoms with Crippen molar-refractivity contribution in [3.63, 3.8) is 0 Å². The summed E-state index contributed by atoms with van der Waals surface area (Å²) in [6.07, 6.45) is 0. The van der Waals surface area contributed by atoms with Crippen LogP contribution in [0.3, 0.4) is 0 Å². The lowest BCUT2D eigenvalue weighted by molar-refractivity contribution is 0.166. The zero-order valence-electron chi connectivity index (χ0n) is 8.59. The molecule has 0 aromatic heterocycles. The third kappa shape index (κ3) is 10.5. The lowest BCUT2D eigenvalue weighted by Crippen LogP contribution is -2.15. The predicted molar refractivity (Wildman–Crippen MR) is 60.7 cm³/mol. The van der Waals surface area contributed by atoms with Crippen LogP contribution < -0.4 is 0 Å². The first-order valence-electron chi connectivity index (χ1n) is 4.70. The van der Waals surface area contributed by atoms with Gasteiger partial charge in [0.1, 0.15) is 0 Å². The maximum atomic E-state index is 11.0. The fourth-order valence-corrected chi connectivity index (χ4v) is 2.24. The van der Waals surface area contributed by atoms with Gasteiger partial charge in [-0.1, -0.05) is 0 Å². The van der Waals surface area contributed by atoms with Crippen LogP contribution in [0.4, 0.5) is 0 Å². The van der Waals surface area contributed by atoms with Crippen LogP contribution in [-0.2, 0) is 26.3 Å². The number of hydrogen-bond acceptors (Lipinski definition) is 5. The smallest absolute Gasteiger partial charge is 0.0582 e. The Bertz CT molecular complexity index is 177. The van der Waals surface area contributed by atoms with Crippen LogP contribution in [0.2, 0.25) is 0 Å². The number of hydrogen-bond donors (Lipinski definition) is 2. The molecule has 0 saturated heterocycles. The zero-order chi connectivity index (χ0) is 11.5. The fourth-order valence-electron chi connectivity index (χ4n) is 0.814. The van der Waals surface area contributed by atoms with Gasteiger partial charge >= 0.3 is 0 Å². The molecule has 2 unspecified atom stereocenters. The highest BCUT2D eigenvalue weighted by Gasteiger charge is 2.00. The van der Waals surface area contributed by atoms with Crippen molar-refractivity contribution in [3.05, 3.63) is 0 Å². The third-order valence-electron chi connectivity index (χ3n) is 1.55. The van der Waals surface area contributed by atoms with Gasteiger partial charge in [-0.2, -0.15) is 0 Å². The topological polar surface area (TPSA) is 83.8 Å². The van der Waals surface area contributed by atoms with E-state index in [1.165, 1.54) is 0 Å². The molecule has 0 rings (SSSR count). The monoisotopic (exact) mass is 258 g/mol. The van der Waals surface area contributed by atoms with Crippen LogP contribution in [0.1, 0.15) is 0 Å². The first-order chi connectivity index (χ1) is 7.20. The van der Waals surface area contributed by atoms with E-state index in [1.807, 2.05) is 0 Å². The van der Waals surface area contributed by atoms with E-state index in [9.17, 15) is 8.42 Å². The van der Waals surface area contributed by atoms with Crippen LogP contribution >= 0.6 is 0 Å². The minimum absolute atomic E-state index is 0.0763. The molecule has 0 radical (unpaired) electrons. The average molecular weight is 258 g/mol. The van der Waals surface area contributed by atoms with Gasteiger partial charge < -0.3 is 14.9 Å². The predicted octanol–water partition coefficient (Wildman–Crippen LogP) is -1.51. The molecular formula is C8H18O5S2. The summed E-state index contributed by atoms with van der Waals surface area (Å²) >= 11 is 0. The van der Waals surface area contributed by atoms with Crippen molar-refractivity contribution < 1.29 is 23.4 Å². The summed E-state index contributed by atoms with van der Waals surface area (Å²) in [6, 6.07) is 0. The quantitative estimate of drug-likeness (QED) is 0.465. The van der Waals surface area contributed by atoms with Gasteiger partial charge in [0, 0.05) is 44.6 Å². The van der Waals surface area contributed by atoms with Gasteiger partial charge in [-0.05, 0) is 0 Å². The number of aliphatic hydroxyl groups is 2. The summed E-state index contributed by atoms with van der Waals surface area (Å²) in [5.74, 6) is 1.35. The second kappa shape index (κ2) is 10.7. The molecule has 0 fully saturated rings. The first kappa shape index (κ1) is 15.2. The summed E-state index contributed by atoms with van der Waals surface area (Å²) in [6.45, 7) is 0.548. The van der Waals surface area contributed by atoms with Crippen molar-refractivity contribution in [2.75, 3.05) is 49.4 Å². The molecule has 92 valence electrons. The van der Waals surface area contributed by atoms with Crippen LogP contribution in [0.15, 0.2) is 0 Å². The van der Waals surface area contributed by atoms with Gasteiger partial charge in [-0.3, -0.25) is 8.42 Å². The molecule has 0 bridgehead atoms. The van der Waals surface area contributed by atoms with Crippen LogP contribution in [0.25, 0.3) is 0 Å². The minimum Gasteiger partial charge on any atom is -0.395 e. The Morgan fingerprint density at radius 3 is 1.53 bits per heavy atom. The number of rotatable bonds is 10. The largest absolute Gasteiger partial charge is 0.395 e. The second-order valence-electron chi connectivity index (χ2n) is 2.76. The minimum atomic E-state index is -1.03. The Kier molecular flexibility index (Phi) is 10.8. The Hall–Kier alpha value is 0.180. The van der Waals surface area contributed by atoms with Crippen molar-refractivity contribution >= 4 is 21.6 Å². The molecular weight excluding hydrogens is 240 g/mol. The molecule has 0 saturated carbocycles. The first-order valence-corrected chi connectivity index (χ1v) is 7.67. The average Bonchev–Trinajstić information content (AvgIpc) is 2.18. The van der Waals surface area contributed by atoms with E-state index in [0.29, 0.717) is 24.7 Å². The summed E-state index contributed by atoms with van der Waals surface area (Å²) in [7, 11) is -2.06. The Morgan fingerprint density at radius 1 is 0.800 bits per heavy atom. The molecule has 0 spiro atoms. The molecule has 2 N–H and O–H groups in total. The lowest BCUT2D eigenvalue weighted by Gasteiger charge is -2.03. The van der Waals surface area contributed by atoms with Gasteiger partial charge in [0.25, 0.3) is 0 Å². The summed E-state index contributed by atoms with van der Waals surface area (Å²) < 4.78 is 27.2. The maximum Gasteiger partial charge on any atom is 0.0582 e. The van der Waals surface area contributed by atoms with E-state index < -0.39 is 21.6 Å². The van der Waals surface area contributed by atoms with Gasteiger partial charge in [0.2, 0.25) is 0 Å². The molecule has 0 aliphatic rings. The van der Waals surface area contributed by atoms with Gasteiger partial charge in [0.15, 0.2) is 0 Å². The SMILES string of the molecule is O=S(CCO)CCOCCS(=O)CCO. The molecule has 0 aromatic rings. The van der Waals surface area contributed by atoms with E-state index in [2.05, 4.69) is 0 Å². The van der Waals surface area contributed by atoms with E-state index in [-0.39, 0.29) is 24.7 Å². The summed E-state index contributed by atoms with van der Waals surface area (Å²) in [5, 5.41) is 16.9. The zero-order valence-corrected chi connectivity index (χ0v) is 10.2. The Labute approximate surface area is 94.7 Å². The van der Waals surface area contributed by atoms with E-state index in [4.69, 9.17) is 14.9 Å². The normalized spacial score (nSPS) is 15.1. The van der Waals surface area contributed by atoms with Crippen LogP contribution in [-0.4, -0.2) is 68.1 Å². The molecule has 0 amide bonds. The molecule has 0 heterocycles. The van der Waals surface area contributed by atoms with E-state index in [0.717, 1.165) is 0 Å². The fraction of sp³-hybridized carbons (Fsp3) is 1.00. The summed E-state index contributed by atoms with van der Waals surface area (Å²) in [5.41, 5.74) is 0. The molecule has 2 atom stereocenters. The van der Waals surface area contributed by atoms with Crippen molar-refractivity contribution in [2.24, 2.45) is 0 Å². The van der Waals surface area contributed by atoms with Crippen molar-refractivity contribution in [3.8, 4) is 0 Å². The van der Waals surface area contributed by atoms with E-state index in [1.54, 1.807) is 0 Å². The number of aliphatic hydroxyl groups excluding tert-OH is 2. The standard InChI is InChI=1S/C8H18O5S2/c9-1-5-14(11)7-3-13-4-8-15(12)6-2-10/h9-10H,1-8H2.